The number of amides is 2. The first kappa shape index (κ1) is 19.4. The van der Waals surface area contributed by atoms with E-state index in [4.69, 9.17) is 16.3 Å². The molecule has 28 heavy (non-hydrogen) atoms. The van der Waals surface area contributed by atoms with Gasteiger partial charge in [-0.1, -0.05) is 29.8 Å². The van der Waals surface area contributed by atoms with E-state index in [1.165, 1.54) is 25.4 Å². The highest BCUT2D eigenvalue weighted by molar-refractivity contribution is 6.32. The molecule has 2 N–H and O–H groups in total. The van der Waals surface area contributed by atoms with Crippen molar-refractivity contribution in [2.24, 2.45) is 0 Å². The number of halogens is 1. The lowest BCUT2D eigenvalue weighted by Gasteiger charge is -2.10. The lowest BCUT2D eigenvalue weighted by molar-refractivity contribution is 0.102. The Bertz CT molecular complexity index is 1040. The zero-order valence-corrected chi connectivity index (χ0v) is 16.1. The van der Waals surface area contributed by atoms with Gasteiger partial charge < -0.3 is 15.4 Å². The maximum Gasteiger partial charge on any atom is 0.274 e. The van der Waals surface area contributed by atoms with E-state index in [0.29, 0.717) is 27.7 Å². The van der Waals surface area contributed by atoms with Gasteiger partial charge in [0.2, 0.25) is 0 Å². The molecule has 2 amide bonds. The normalized spacial score (nSPS) is 10.2. The number of aromatic nitrogens is 1. The van der Waals surface area contributed by atoms with E-state index in [-0.39, 0.29) is 11.6 Å². The van der Waals surface area contributed by atoms with E-state index in [9.17, 15) is 9.59 Å². The quantitative estimate of drug-likeness (QED) is 0.663. The third-order valence-corrected chi connectivity index (χ3v) is 4.35. The molecule has 1 heterocycles. The first-order chi connectivity index (χ1) is 13.5. The second kappa shape index (κ2) is 8.54. The van der Waals surface area contributed by atoms with Crippen LogP contribution in [0.15, 0.2) is 60.8 Å². The number of anilines is 2. The Morgan fingerprint density at radius 2 is 1.79 bits per heavy atom. The highest BCUT2D eigenvalue weighted by Gasteiger charge is 2.13. The fraction of sp³-hybridized carbons (Fsp3) is 0.0952. The lowest BCUT2D eigenvalue weighted by atomic mass is 10.1. The summed E-state index contributed by atoms with van der Waals surface area (Å²) >= 11 is 6.08. The molecule has 0 radical (unpaired) electrons. The molecule has 7 heteroatoms. The molecule has 0 bridgehead atoms. The highest BCUT2D eigenvalue weighted by Crippen LogP contribution is 2.27. The first-order valence-corrected chi connectivity index (χ1v) is 8.83. The largest absolute Gasteiger partial charge is 0.495 e. The van der Waals surface area contributed by atoms with Gasteiger partial charge in [0.1, 0.15) is 11.4 Å². The van der Waals surface area contributed by atoms with Crippen molar-refractivity contribution in [2.45, 2.75) is 6.92 Å². The number of aryl methyl sites for hydroxylation is 1. The molecule has 0 aliphatic rings. The van der Waals surface area contributed by atoms with Gasteiger partial charge in [-0.15, -0.1) is 0 Å². The van der Waals surface area contributed by atoms with Crippen molar-refractivity contribution in [3.63, 3.8) is 0 Å². The van der Waals surface area contributed by atoms with Gasteiger partial charge >= 0.3 is 0 Å². The van der Waals surface area contributed by atoms with Gasteiger partial charge in [0.05, 0.1) is 12.1 Å². The van der Waals surface area contributed by atoms with E-state index in [0.717, 1.165) is 5.56 Å². The molecule has 2 aromatic carbocycles. The monoisotopic (exact) mass is 395 g/mol. The first-order valence-electron chi connectivity index (χ1n) is 8.46. The number of benzene rings is 2. The highest BCUT2D eigenvalue weighted by atomic mass is 35.5. The molecular weight excluding hydrogens is 378 g/mol. The second-order valence-electron chi connectivity index (χ2n) is 6.00. The number of hydrogen-bond donors (Lipinski definition) is 2. The summed E-state index contributed by atoms with van der Waals surface area (Å²) in [7, 11) is 1.51. The van der Waals surface area contributed by atoms with Crippen LogP contribution in [0.1, 0.15) is 26.4 Å². The minimum Gasteiger partial charge on any atom is -0.495 e. The number of ether oxygens (including phenoxy) is 1. The molecule has 0 spiro atoms. The van der Waals surface area contributed by atoms with Crippen molar-refractivity contribution < 1.29 is 14.3 Å². The molecule has 3 aromatic rings. The van der Waals surface area contributed by atoms with Crippen LogP contribution in [0.3, 0.4) is 0 Å². The fourth-order valence-electron chi connectivity index (χ4n) is 2.54. The van der Waals surface area contributed by atoms with Crippen LogP contribution in [0, 0.1) is 6.92 Å². The minimum atomic E-state index is -0.392. The van der Waals surface area contributed by atoms with Crippen molar-refractivity contribution in [3.05, 3.63) is 82.6 Å². The molecule has 0 fully saturated rings. The van der Waals surface area contributed by atoms with Crippen molar-refractivity contribution >= 4 is 34.8 Å². The van der Waals surface area contributed by atoms with Crippen LogP contribution in [0.5, 0.6) is 5.75 Å². The third kappa shape index (κ3) is 4.47. The summed E-state index contributed by atoms with van der Waals surface area (Å²) in [4.78, 5) is 29.1. The molecule has 0 aliphatic carbocycles. The Morgan fingerprint density at radius 1 is 1.00 bits per heavy atom. The molecular formula is C21H18ClN3O3. The molecule has 1 aromatic heterocycles. The van der Waals surface area contributed by atoms with E-state index in [1.54, 1.807) is 24.3 Å². The summed E-state index contributed by atoms with van der Waals surface area (Å²) < 4.78 is 5.09. The van der Waals surface area contributed by atoms with E-state index >= 15 is 0 Å². The SMILES string of the molecule is COc1ccc(NC(=O)c2ccnc(C(=O)Nc3ccccc3C)c2)cc1Cl. The molecule has 0 saturated heterocycles. The number of pyridine rings is 1. The Labute approximate surface area is 167 Å². The zero-order valence-electron chi connectivity index (χ0n) is 15.3. The predicted octanol–water partition coefficient (Wildman–Crippen LogP) is 4.56. The maximum atomic E-state index is 12.5. The van der Waals surface area contributed by atoms with Gasteiger partial charge in [-0.05, 0) is 48.9 Å². The van der Waals surface area contributed by atoms with Crippen molar-refractivity contribution in [1.29, 1.82) is 0 Å². The fourth-order valence-corrected chi connectivity index (χ4v) is 2.80. The summed E-state index contributed by atoms with van der Waals surface area (Å²) in [5, 5.41) is 5.92. The summed E-state index contributed by atoms with van der Waals surface area (Å²) in [5.74, 6) is -0.260. The van der Waals surface area contributed by atoms with Crippen molar-refractivity contribution in [1.82, 2.24) is 4.98 Å². The average Bonchev–Trinajstić information content (AvgIpc) is 2.70. The van der Waals surface area contributed by atoms with Crippen LogP contribution < -0.4 is 15.4 Å². The maximum absolute atomic E-state index is 12.5. The number of carbonyl (C=O) groups excluding carboxylic acids is 2. The number of nitrogens with one attached hydrogen (secondary N) is 2. The van der Waals surface area contributed by atoms with E-state index in [2.05, 4.69) is 15.6 Å². The van der Waals surface area contributed by atoms with Gasteiger partial charge in [0, 0.05) is 23.1 Å². The number of para-hydroxylation sites is 1. The number of carbonyl (C=O) groups is 2. The van der Waals surface area contributed by atoms with E-state index in [1.807, 2.05) is 25.1 Å². The van der Waals surface area contributed by atoms with Gasteiger partial charge in [-0.2, -0.15) is 0 Å². The number of rotatable bonds is 5. The number of hydrogen-bond acceptors (Lipinski definition) is 4. The molecule has 3 rings (SSSR count). The minimum absolute atomic E-state index is 0.142. The third-order valence-electron chi connectivity index (χ3n) is 4.06. The molecule has 0 saturated carbocycles. The number of nitrogens with zero attached hydrogens (tertiary/aromatic N) is 1. The number of methoxy groups -OCH3 is 1. The predicted molar refractivity (Wildman–Crippen MR) is 109 cm³/mol. The van der Waals surface area contributed by atoms with E-state index < -0.39 is 5.91 Å². The molecule has 6 nitrogen and oxygen atoms in total. The Kier molecular flexibility index (Phi) is 5.91. The molecule has 0 atom stereocenters. The zero-order chi connectivity index (χ0) is 20.1. The Balaban J connectivity index is 1.75. The summed E-state index contributed by atoms with van der Waals surface area (Å²) in [6.07, 6.45) is 1.42. The molecule has 0 unspecified atom stereocenters. The van der Waals surface area contributed by atoms with Gasteiger partial charge in [0.15, 0.2) is 0 Å². The van der Waals surface area contributed by atoms with Crippen LogP contribution in [0.4, 0.5) is 11.4 Å². The van der Waals surface area contributed by atoms with Crippen molar-refractivity contribution in [3.8, 4) is 5.75 Å². The average molecular weight is 396 g/mol. The van der Waals surface area contributed by atoms with Gasteiger partial charge in [0.25, 0.3) is 11.8 Å². The molecule has 0 aliphatic heterocycles. The second-order valence-corrected chi connectivity index (χ2v) is 6.41. The summed E-state index contributed by atoms with van der Waals surface area (Å²) in [6, 6.07) is 15.3. The summed E-state index contributed by atoms with van der Waals surface area (Å²) in [6.45, 7) is 1.90. The molecule has 142 valence electrons. The van der Waals surface area contributed by atoms with Crippen LogP contribution >= 0.6 is 11.6 Å². The van der Waals surface area contributed by atoms with Crippen molar-refractivity contribution in [2.75, 3.05) is 17.7 Å². The Hall–Kier alpha value is -3.38. The Morgan fingerprint density at radius 3 is 2.50 bits per heavy atom. The smallest absolute Gasteiger partial charge is 0.274 e. The standard InChI is InChI=1S/C21H18ClN3O3/c1-13-5-3-4-6-17(13)25-21(27)18-11-14(9-10-23-18)20(26)24-15-7-8-19(28-2)16(22)12-15/h3-12H,1-2H3,(H,24,26)(H,25,27). The van der Waals surface area contributed by atoms with Crippen LogP contribution in [-0.4, -0.2) is 23.9 Å². The topological polar surface area (TPSA) is 80.3 Å². The van der Waals surface area contributed by atoms with Gasteiger partial charge in [-0.25, -0.2) is 0 Å². The van der Waals surface area contributed by atoms with Crippen LogP contribution in [0.25, 0.3) is 0 Å². The van der Waals surface area contributed by atoms with Crippen LogP contribution in [-0.2, 0) is 0 Å². The van der Waals surface area contributed by atoms with Crippen LogP contribution in [0.2, 0.25) is 5.02 Å². The summed E-state index contributed by atoms with van der Waals surface area (Å²) in [5.41, 5.74) is 2.58. The van der Waals surface area contributed by atoms with Gasteiger partial charge in [-0.3, -0.25) is 14.6 Å². The lowest BCUT2D eigenvalue weighted by Crippen LogP contribution is -2.17.